The summed E-state index contributed by atoms with van der Waals surface area (Å²) >= 11 is 3.45. The third-order valence-electron chi connectivity index (χ3n) is 3.51. The van der Waals surface area contributed by atoms with Crippen molar-refractivity contribution in [3.63, 3.8) is 0 Å². The van der Waals surface area contributed by atoms with Gasteiger partial charge in [-0.15, -0.1) is 0 Å². The Morgan fingerprint density at radius 1 is 1.24 bits per heavy atom. The van der Waals surface area contributed by atoms with Crippen LogP contribution in [0.5, 0.6) is 0 Å². The molecule has 0 aliphatic rings. The van der Waals surface area contributed by atoms with Gasteiger partial charge in [-0.2, -0.15) is 0 Å². The molecule has 2 aromatic rings. The van der Waals surface area contributed by atoms with Gasteiger partial charge in [0.15, 0.2) is 0 Å². The summed E-state index contributed by atoms with van der Waals surface area (Å²) in [5.74, 6) is -0.691. The normalized spacial score (nSPS) is 13.5. The van der Waals surface area contributed by atoms with E-state index in [1.165, 1.54) is 12.1 Å². The first-order valence-corrected chi connectivity index (χ1v) is 7.78. The molecule has 0 aliphatic carbocycles. The van der Waals surface area contributed by atoms with E-state index in [1.807, 2.05) is 37.3 Å². The molecular weight excluding hydrogens is 333 g/mol. The number of halogens is 2. The number of alkyl halides is 1. The maximum absolute atomic E-state index is 13.4. The van der Waals surface area contributed by atoms with Crippen molar-refractivity contribution in [2.24, 2.45) is 0 Å². The third kappa shape index (κ3) is 3.50. The Bertz CT molecular complexity index is 644. The number of amides is 1. The van der Waals surface area contributed by atoms with E-state index in [0.29, 0.717) is 10.9 Å². The maximum Gasteiger partial charge on any atom is 0.252 e. The van der Waals surface area contributed by atoms with E-state index in [1.54, 1.807) is 13.0 Å². The molecule has 2 rings (SSSR count). The molecule has 21 heavy (non-hydrogen) atoms. The van der Waals surface area contributed by atoms with Gasteiger partial charge in [0.05, 0.1) is 5.54 Å². The molecule has 1 amide bonds. The number of hydrogen-bond acceptors (Lipinski definition) is 1. The van der Waals surface area contributed by atoms with Crippen molar-refractivity contribution in [2.45, 2.75) is 19.4 Å². The van der Waals surface area contributed by atoms with Crippen molar-refractivity contribution in [1.29, 1.82) is 0 Å². The Morgan fingerprint density at radius 2 is 1.90 bits per heavy atom. The molecule has 2 aromatic carbocycles. The molecule has 0 fully saturated rings. The molecule has 0 radical (unpaired) electrons. The molecule has 0 heterocycles. The number of nitrogens with one attached hydrogen (secondary N) is 1. The summed E-state index contributed by atoms with van der Waals surface area (Å²) < 4.78 is 13.4. The highest BCUT2D eigenvalue weighted by Crippen LogP contribution is 2.24. The fraction of sp³-hybridized carbons (Fsp3) is 0.235. The summed E-state index contributed by atoms with van der Waals surface area (Å²) in [6.07, 6.45) is 0. The maximum atomic E-state index is 13.4. The van der Waals surface area contributed by atoms with Crippen molar-refractivity contribution < 1.29 is 9.18 Å². The van der Waals surface area contributed by atoms with E-state index in [0.717, 1.165) is 11.1 Å². The second kappa shape index (κ2) is 6.39. The largest absolute Gasteiger partial charge is 0.342 e. The van der Waals surface area contributed by atoms with Crippen molar-refractivity contribution in [2.75, 3.05) is 5.33 Å². The van der Waals surface area contributed by atoms with Crippen molar-refractivity contribution in [3.8, 4) is 0 Å². The number of rotatable bonds is 4. The van der Waals surface area contributed by atoms with Gasteiger partial charge in [0.25, 0.3) is 5.91 Å². The second-order valence-corrected chi connectivity index (χ2v) is 5.81. The molecule has 0 aromatic heterocycles. The Morgan fingerprint density at radius 3 is 2.52 bits per heavy atom. The number of benzene rings is 2. The quantitative estimate of drug-likeness (QED) is 0.824. The number of hydrogen-bond donors (Lipinski definition) is 1. The topological polar surface area (TPSA) is 29.1 Å². The monoisotopic (exact) mass is 349 g/mol. The van der Waals surface area contributed by atoms with E-state index in [4.69, 9.17) is 0 Å². The van der Waals surface area contributed by atoms with Gasteiger partial charge in [0, 0.05) is 10.9 Å². The fourth-order valence-electron chi connectivity index (χ4n) is 2.15. The van der Waals surface area contributed by atoms with Crippen molar-refractivity contribution in [1.82, 2.24) is 5.32 Å². The smallest absolute Gasteiger partial charge is 0.252 e. The molecule has 110 valence electrons. The predicted octanol–water partition coefficient (Wildman–Crippen LogP) is 4.17. The predicted molar refractivity (Wildman–Crippen MR) is 86.2 cm³/mol. The lowest BCUT2D eigenvalue weighted by Crippen LogP contribution is -2.45. The van der Waals surface area contributed by atoms with E-state index in [-0.39, 0.29) is 5.91 Å². The zero-order chi connectivity index (χ0) is 15.5. The van der Waals surface area contributed by atoms with Crippen LogP contribution >= 0.6 is 15.9 Å². The van der Waals surface area contributed by atoms with Crippen LogP contribution < -0.4 is 5.32 Å². The van der Waals surface area contributed by atoms with Crippen LogP contribution in [0.25, 0.3) is 0 Å². The van der Waals surface area contributed by atoms with Crippen LogP contribution in [0.1, 0.15) is 28.4 Å². The van der Waals surface area contributed by atoms with Crippen molar-refractivity contribution >= 4 is 21.8 Å². The molecule has 0 saturated carbocycles. The SMILES string of the molecule is Cc1ccc(F)cc1C(=O)NC(C)(CBr)c1ccccc1. The van der Waals surface area contributed by atoms with Gasteiger partial charge < -0.3 is 5.32 Å². The van der Waals surface area contributed by atoms with Gasteiger partial charge >= 0.3 is 0 Å². The molecule has 2 nitrogen and oxygen atoms in total. The molecule has 1 atom stereocenters. The minimum atomic E-state index is -0.558. The Balaban J connectivity index is 2.30. The summed E-state index contributed by atoms with van der Waals surface area (Å²) in [6, 6.07) is 13.9. The van der Waals surface area contributed by atoms with E-state index < -0.39 is 11.4 Å². The number of aryl methyl sites for hydroxylation is 1. The van der Waals surface area contributed by atoms with Crippen LogP contribution in [0.15, 0.2) is 48.5 Å². The standard InChI is InChI=1S/C17H17BrFNO/c1-12-8-9-14(19)10-15(12)16(21)20-17(2,11-18)13-6-4-3-5-7-13/h3-10H,11H2,1-2H3,(H,20,21). The van der Waals surface area contributed by atoms with Crippen LogP contribution in [0.3, 0.4) is 0 Å². The molecule has 0 aliphatic heterocycles. The highest BCUT2D eigenvalue weighted by Gasteiger charge is 2.28. The number of carbonyl (C=O) groups is 1. The fourth-order valence-corrected chi connectivity index (χ4v) is 2.61. The second-order valence-electron chi connectivity index (χ2n) is 5.25. The average molecular weight is 350 g/mol. The summed E-state index contributed by atoms with van der Waals surface area (Å²) in [4.78, 5) is 12.5. The first-order chi connectivity index (χ1) is 9.96. The first-order valence-electron chi connectivity index (χ1n) is 6.66. The highest BCUT2D eigenvalue weighted by molar-refractivity contribution is 9.09. The van der Waals surface area contributed by atoms with E-state index in [9.17, 15) is 9.18 Å². The summed E-state index contributed by atoms with van der Waals surface area (Å²) in [6.45, 7) is 3.73. The molecule has 4 heteroatoms. The Hall–Kier alpha value is -1.68. The van der Waals surface area contributed by atoms with Crippen LogP contribution in [0.2, 0.25) is 0 Å². The van der Waals surface area contributed by atoms with Crippen LogP contribution in [-0.2, 0) is 5.54 Å². The zero-order valence-electron chi connectivity index (χ0n) is 12.0. The molecule has 0 spiro atoms. The summed E-state index contributed by atoms with van der Waals surface area (Å²) in [5, 5.41) is 3.55. The van der Waals surface area contributed by atoms with Crippen molar-refractivity contribution in [3.05, 3.63) is 71.0 Å². The number of carbonyl (C=O) groups excluding carboxylic acids is 1. The minimum Gasteiger partial charge on any atom is -0.342 e. The van der Waals surface area contributed by atoms with Gasteiger partial charge in [0.1, 0.15) is 5.82 Å². The summed E-state index contributed by atoms with van der Waals surface area (Å²) in [5.41, 5.74) is 1.54. The van der Waals surface area contributed by atoms with Crippen LogP contribution in [-0.4, -0.2) is 11.2 Å². The molecular formula is C17H17BrFNO. The highest BCUT2D eigenvalue weighted by atomic mass is 79.9. The molecule has 1 unspecified atom stereocenters. The minimum absolute atomic E-state index is 0.280. The van der Waals surface area contributed by atoms with Gasteiger partial charge in [0.2, 0.25) is 0 Å². The lowest BCUT2D eigenvalue weighted by molar-refractivity contribution is 0.0913. The van der Waals surface area contributed by atoms with Gasteiger partial charge in [-0.05, 0) is 37.1 Å². The Labute approximate surface area is 132 Å². The van der Waals surface area contributed by atoms with E-state index in [2.05, 4.69) is 21.2 Å². The molecule has 0 bridgehead atoms. The average Bonchev–Trinajstić information content (AvgIpc) is 2.50. The lowest BCUT2D eigenvalue weighted by Gasteiger charge is -2.29. The summed E-state index contributed by atoms with van der Waals surface area (Å²) in [7, 11) is 0. The van der Waals surface area contributed by atoms with E-state index >= 15 is 0 Å². The van der Waals surface area contributed by atoms with Gasteiger partial charge in [-0.1, -0.05) is 52.3 Å². The lowest BCUT2D eigenvalue weighted by atomic mass is 9.93. The first kappa shape index (κ1) is 15.7. The third-order valence-corrected chi connectivity index (χ3v) is 4.63. The Kier molecular flexibility index (Phi) is 4.78. The molecule has 0 saturated heterocycles. The van der Waals surface area contributed by atoms with Gasteiger partial charge in [-0.3, -0.25) is 4.79 Å². The van der Waals surface area contributed by atoms with Crippen LogP contribution in [0, 0.1) is 12.7 Å². The molecule has 1 N–H and O–H groups in total. The van der Waals surface area contributed by atoms with Gasteiger partial charge in [-0.25, -0.2) is 4.39 Å². The zero-order valence-corrected chi connectivity index (χ0v) is 13.6. The van der Waals surface area contributed by atoms with Crippen LogP contribution in [0.4, 0.5) is 4.39 Å².